The van der Waals surface area contributed by atoms with Crippen molar-refractivity contribution in [1.82, 2.24) is 9.88 Å². The van der Waals surface area contributed by atoms with Crippen LogP contribution in [0.3, 0.4) is 0 Å². The normalized spacial score (nSPS) is 11.9. The maximum Gasteiger partial charge on any atom is 0.338 e. The van der Waals surface area contributed by atoms with E-state index < -0.39 is 5.97 Å². The summed E-state index contributed by atoms with van der Waals surface area (Å²) in [5.74, 6) is -1.46. The number of nitrogens with zero attached hydrogens (tertiary/aromatic N) is 2. The van der Waals surface area contributed by atoms with E-state index in [-0.39, 0.29) is 23.2 Å². The van der Waals surface area contributed by atoms with Crippen LogP contribution in [0.1, 0.15) is 48.0 Å². The van der Waals surface area contributed by atoms with Crippen molar-refractivity contribution < 1.29 is 14.7 Å². The van der Waals surface area contributed by atoms with E-state index >= 15 is 0 Å². The number of aromatic carboxylic acids is 1. The minimum atomic E-state index is -1.13. The van der Waals surface area contributed by atoms with Gasteiger partial charge in [0.2, 0.25) is 0 Å². The van der Waals surface area contributed by atoms with Gasteiger partial charge in [0.25, 0.3) is 5.91 Å². The van der Waals surface area contributed by atoms with E-state index in [1.165, 1.54) is 18.3 Å². The standard InChI is InChI=1S/C13H18N2O3/c1-4-9(3)15(5-2)12(16)11-10(13(17)18)7-6-8-14-11/h6-9H,4-5H2,1-3H3,(H,17,18). The highest BCUT2D eigenvalue weighted by molar-refractivity contribution is 6.03. The minimum Gasteiger partial charge on any atom is -0.478 e. The summed E-state index contributed by atoms with van der Waals surface area (Å²) in [6, 6.07) is 2.97. The molecule has 0 aliphatic carbocycles. The van der Waals surface area contributed by atoms with Gasteiger partial charge in [0, 0.05) is 18.8 Å². The van der Waals surface area contributed by atoms with Crippen molar-refractivity contribution in [3.63, 3.8) is 0 Å². The number of hydrogen-bond acceptors (Lipinski definition) is 3. The van der Waals surface area contributed by atoms with Crippen LogP contribution in [0.25, 0.3) is 0 Å². The molecule has 5 nitrogen and oxygen atoms in total. The molecule has 0 aliphatic heterocycles. The lowest BCUT2D eigenvalue weighted by Gasteiger charge is -2.27. The lowest BCUT2D eigenvalue weighted by molar-refractivity contribution is 0.0650. The highest BCUT2D eigenvalue weighted by atomic mass is 16.4. The second-order valence-corrected chi connectivity index (χ2v) is 4.05. The molecule has 0 fully saturated rings. The van der Waals surface area contributed by atoms with Crippen molar-refractivity contribution in [2.45, 2.75) is 33.2 Å². The van der Waals surface area contributed by atoms with Gasteiger partial charge in [0.05, 0.1) is 5.56 Å². The Labute approximate surface area is 106 Å². The first-order chi connectivity index (χ1) is 8.52. The van der Waals surface area contributed by atoms with Gasteiger partial charge in [-0.05, 0) is 32.4 Å². The summed E-state index contributed by atoms with van der Waals surface area (Å²) in [5.41, 5.74) is -0.0450. The van der Waals surface area contributed by atoms with Gasteiger partial charge in [-0.3, -0.25) is 9.78 Å². The topological polar surface area (TPSA) is 70.5 Å². The van der Waals surface area contributed by atoms with Crippen molar-refractivity contribution >= 4 is 11.9 Å². The predicted molar refractivity (Wildman–Crippen MR) is 67.7 cm³/mol. The molecule has 1 amide bonds. The number of carbonyl (C=O) groups is 2. The lowest BCUT2D eigenvalue weighted by atomic mass is 10.1. The number of rotatable bonds is 5. The van der Waals surface area contributed by atoms with Gasteiger partial charge in [-0.1, -0.05) is 6.92 Å². The molecule has 5 heteroatoms. The molecule has 1 rings (SSSR count). The Morgan fingerprint density at radius 1 is 1.44 bits per heavy atom. The second-order valence-electron chi connectivity index (χ2n) is 4.05. The molecule has 1 aromatic rings. The Kier molecular flexibility index (Phi) is 4.83. The van der Waals surface area contributed by atoms with Crippen LogP contribution in [0.15, 0.2) is 18.3 Å². The van der Waals surface area contributed by atoms with Gasteiger partial charge in [0.15, 0.2) is 0 Å². The third-order valence-electron chi connectivity index (χ3n) is 2.97. The molecule has 0 aliphatic rings. The van der Waals surface area contributed by atoms with Crippen molar-refractivity contribution in [3.05, 3.63) is 29.6 Å². The molecule has 0 saturated carbocycles. The van der Waals surface area contributed by atoms with Crippen molar-refractivity contribution in [2.24, 2.45) is 0 Å². The maximum atomic E-state index is 12.3. The van der Waals surface area contributed by atoms with E-state index in [9.17, 15) is 9.59 Å². The number of carbonyl (C=O) groups excluding carboxylic acids is 1. The summed E-state index contributed by atoms with van der Waals surface area (Å²) in [6.07, 6.45) is 2.25. The van der Waals surface area contributed by atoms with Crippen LogP contribution in [-0.4, -0.2) is 39.5 Å². The molecule has 1 aromatic heterocycles. The number of hydrogen-bond donors (Lipinski definition) is 1. The molecule has 18 heavy (non-hydrogen) atoms. The number of carboxylic acid groups (broad SMARTS) is 1. The lowest BCUT2D eigenvalue weighted by Crippen LogP contribution is -2.39. The second kappa shape index (κ2) is 6.14. The Balaban J connectivity index is 3.13. The Morgan fingerprint density at radius 3 is 2.61 bits per heavy atom. The fraction of sp³-hybridized carbons (Fsp3) is 0.462. The zero-order valence-corrected chi connectivity index (χ0v) is 10.9. The van der Waals surface area contributed by atoms with Gasteiger partial charge in [-0.2, -0.15) is 0 Å². The quantitative estimate of drug-likeness (QED) is 0.868. The molecule has 1 N–H and O–H groups in total. The van der Waals surface area contributed by atoms with E-state index in [0.717, 1.165) is 6.42 Å². The van der Waals surface area contributed by atoms with Gasteiger partial charge < -0.3 is 10.0 Å². The first-order valence-electron chi connectivity index (χ1n) is 6.02. The van der Waals surface area contributed by atoms with E-state index in [1.54, 1.807) is 4.90 Å². The van der Waals surface area contributed by atoms with Crippen molar-refractivity contribution in [1.29, 1.82) is 0 Å². The minimum absolute atomic E-state index is 0.00662. The molecule has 1 heterocycles. The molecule has 0 bridgehead atoms. The van der Waals surface area contributed by atoms with E-state index in [4.69, 9.17) is 5.11 Å². The Morgan fingerprint density at radius 2 is 2.11 bits per heavy atom. The van der Waals surface area contributed by atoms with Crippen molar-refractivity contribution in [2.75, 3.05) is 6.54 Å². The molecular weight excluding hydrogens is 232 g/mol. The molecule has 0 saturated heterocycles. The molecule has 1 unspecified atom stereocenters. The number of aromatic nitrogens is 1. The predicted octanol–water partition coefficient (Wildman–Crippen LogP) is 2.04. The van der Waals surface area contributed by atoms with Gasteiger partial charge in [-0.25, -0.2) is 4.79 Å². The molecule has 0 spiro atoms. The van der Waals surface area contributed by atoms with Crippen LogP contribution in [0.4, 0.5) is 0 Å². The smallest absolute Gasteiger partial charge is 0.338 e. The van der Waals surface area contributed by atoms with Gasteiger partial charge >= 0.3 is 5.97 Å². The molecule has 1 atom stereocenters. The Bertz CT molecular complexity index is 446. The third-order valence-corrected chi connectivity index (χ3v) is 2.97. The highest BCUT2D eigenvalue weighted by Gasteiger charge is 2.24. The maximum absolute atomic E-state index is 12.3. The van der Waals surface area contributed by atoms with Gasteiger partial charge in [-0.15, -0.1) is 0 Å². The van der Waals surface area contributed by atoms with Crippen LogP contribution in [0.5, 0.6) is 0 Å². The van der Waals surface area contributed by atoms with Crippen LogP contribution in [-0.2, 0) is 0 Å². The highest BCUT2D eigenvalue weighted by Crippen LogP contribution is 2.12. The molecule has 0 radical (unpaired) electrons. The van der Waals surface area contributed by atoms with Crippen molar-refractivity contribution in [3.8, 4) is 0 Å². The van der Waals surface area contributed by atoms with Crippen LogP contribution in [0, 0.1) is 0 Å². The number of amides is 1. The molecule has 0 aromatic carbocycles. The van der Waals surface area contributed by atoms with Gasteiger partial charge in [0.1, 0.15) is 5.69 Å². The van der Waals surface area contributed by atoms with E-state index in [1.807, 2.05) is 20.8 Å². The zero-order valence-electron chi connectivity index (χ0n) is 10.9. The SMILES string of the molecule is CCC(C)N(CC)C(=O)c1ncccc1C(=O)O. The number of pyridine rings is 1. The van der Waals surface area contributed by atoms with E-state index in [0.29, 0.717) is 6.54 Å². The fourth-order valence-electron chi connectivity index (χ4n) is 1.76. The summed E-state index contributed by atoms with van der Waals surface area (Å²) >= 11 is 0. The van der Waals surface area contributed by atoms with E-state index in [2.05, 4.69) is 4.98 Å². The first kappa shape index (κ1) is 14.2. The zero-order chi connectivity index (χ0) is 13.7. The first-order valence-corrected chi connectivity index (χ1v) is 6.02. The van der Waals surface area contributed by atoms with Crippen LogP contribution >= 0.6 is 0 Å². The summed E-state index contributed by atoms with van der Waals surface area (Å²) in [5, 5.41) is 9.05. The average molecular weight is 250 g/mol. The summed E-state index contributed by atoms with van der Waals surface area (Å²) in [6.45, 7) is 6.32. The molecular formula is C13H18N2O3. The fourth-order valence-corrected chi connectivity index (χ4v) is 1.76. The third kappa shape index (κ3) is 2.85. The molecule has 98 valence electrons. The Hall–Kier alpha value is -1.91. The van der Waals surface area contributed by atoms with Crippen LogP contribution in [0.2, 0.25) is 0 Å². The van der Waals surface area contributed by atoms with Crippen LogP contribution < -0.4 is 0 Å². The average Bonchev–Trinajstić information content (AvgIpc) is 2.39. The monoisotopic (exact) mass is 250 g/mol. The largest absolute Gasteiger partial charge is 0.478 e. The summed E-state index contributed by atoms with van der Waals surface area (Å²) < 4.78 is 0. The number of carboxylic acids is 1. The summed E-state index contributed by atoms with van der Waals surface area (Å²) in [4.78, 5) is 28.9. The summed E-state index contributed by atoms with van der Waals surface area (Å²) in [7, 11) is 0.